The number of piperidine rings is 2. The summed E-state index contributed by atoms with van der Waals surface area (Å²) in [5.41, 5.74) is 0. The molecule has 43 heavy (non-hydrogen) atoms. The van der Waals surface area contributed by atoms with E-state index < -0.39 is 0 Å². The van der Waals surface area contributed by atoms with Crippen molar-refractivity contribution in [1.82, 2.24) is 41.7 Å². The number of hydrogen-bond donors (Lipinski definition) is 6. The van der Waals surface area contributed by atoms with Crippen LogP contribution in [0.1, 0.15) is 71.6 Å². The van der Waals surface area contributed by atoms with Crippen LogP contribution in [-0.2, 0) is 19.1 Å². The number of rotatable bonds is 10. The smallest absolute Gasteiger partial charge is 0.237 e. The molecular formula is C31H56N8O4. The van der Waals surface area contributed by atoms with Crippen LogP contribution in [0.5, 0.6) is 0 Å². The highest BCUT2D eigenvalue weighted by atomic mass is 16.5. The summed E-state index contributed by atoms with van der Waals surface area (Å²) in [5, 5.41) is 21.4. The molecule has 1 saturated carbocycles. The zero-order valence-electron chi connectivity index (χ0n) is 26.3. The normalized spacial score (nSPS) is 39.2. The van der Waals surface area contributed by atoms with Gasteiger partial charge in [0.2, 0.25) is 11.8 Å². The fraction of sp³-hybridized carbons (Fsp3) is 0.935. The highest BCUT2D eigenvalue weighted by Gasteiger charge is 2.39. The maximum absolute atomic E-state index is 13.4. The van der Waals surface area contributed by atoms with E-state index in [0.717, 1.165) is 57.9 Å². The molecule has 12 heteroatoms. The Morgan fingerprint density at radius 2 is 1.84 bits per heavy atom. The van der Waals surface area contributed by atoms with Gasteiger partial charge in [-0.15, -0.1) is 0 Å². The fourth-order valence-electron chi connectivity index (χ4n) is 8.07. The SMILES string of the molecule is CC(=O)N1CC(NC2CC(C(=O)NCC[C@H]3CC4CCC(OCC5OCNC5C)CC4CN3)NC(N3CCCCC3)N2)C1. The van der Waals surface area contributed by atoms with Crippen LogP contribution in [0.3, 0.4) is 0 Å². The maximum atomic E-state index is 13.4. The van der Waals surface area contributed by atoms with Gasteiger partial charge in [0.05, 0.1) is 37.8 Å². The van der Waals surface area contributed by atoms with Gasteiger partial charge < -0.3 is 25.0 Å². The summed E-state index contributed by atoms with van der Waals surface area (Å²) in [6.07, 6.45) is 10.5. The van der Waals surface area contributed by atoms with Crippen molar-refractivity contribution in [2.75, 3.05) is 52.6 Å². The molecule has 5 heterocycles. The molecule has 0 aromatic rings. The number of nitrogens with one attached hydrogen (secondary N) is 6. The monoisotopic (exact) mass is 604 g/mol. The zero-order chi connectivity index (χ0) is 29.8. The highest BCUT2D eigenvalue weighted by Crippen LogP contribution is 2.37. The molecule has 8 unspecified atom stereocenters. The van der Waals surface area contributed by atoms with E-state index in [1.807, 2.05) is 4.90 Å². The van der Waals surface area contributed by atoms with Crippen LogP contribution in [0.25, 0.3) is 0 Å². The second-order valence-electron chi connectivity index (χ2n) is 14.0. The first-order valence-corrected chi connectivity index (χ1v) is 17.2. The van der Waals surface area contributed by atoms with Gasteiger partial charge in [-0.2, -0.15) is 0 Å². The minimum Gasteiger partial charge on any atom is -0.375 e. The standard InChI is InChI=1S/C31H56N8O4/c1-20-28(43-19-34-20)18-42-26-7-6-22-12-24(33-15-23(22)13-26)8-9-32-30(41)27-14-29(35-25-16-39(17-25)21(2)40)37-31(36-27)38-10-4-3-5-11-38/h20,22-29,31,33-37H,3-19H2,1-2H3,(H,32,41)/t20?,22?,23?,24-,26?,27?,28?,29?,31?/m0/s1. The van der Waals surface area contributed by atoms with Crippen molar-refractivity contribution in [3.8, 4) is 0 Å². The molecule has 0 spiro atoms. The second-order valence-corrected chi connectivity index (χ2v) is 14.0. The van der Waals surface area contributed by atoms with Crippen LogP contribution in [0, 0.1) is 11.8 Å². The predicted octanol–water partition coefficient (Wildman–Crippen LogP) is -0.142. The highest BCUT2D eigenvalue weighted by molar-refractivity contribution is 5.82. The summed E-state index contributed by atoms with van der Waals surface area (Å²) < 4.78 is 12.0. The van der Waals surface area contributed by atoms with E-state index in [1.54, 1.807) is 6.92 Å². The number of ether oxygens (including phenoxy) is 2. The average Bonchev–Trinajstić information content (AvgIpc) is 3.42. The summed E-state index contributed by atoms with van der Waals surface area (Å²) in [5.74, 6) is 1.65. The van der Waals surface area contributed by atoms with Crippen LogP contribution in [0.2, 0.25) is 0 Å². The van der Waals surface area contributed by atoms with E-state index in [9.17, 15) is 9.59 Å². The van der Waals surface area contributed by atoms with E-state index in [0.29, 0.717) is 50.4 Å². The van der Waals surface area contributed by atoms with E-state index in [4.69, 9.17) is 9.47 Å². The molecule has 1 aliphatic carbocycles. The van der Waals surface area contributed by atoms with Crippen LogP contribution in [0.4, 0.5) is 0 Å². The summed E-state index contributed by atoms with van der Waals surface area (Å²) >= 11 is 0. The first kappa shape index (κ1) is 31.6. The lowest BCUT2D eigenvalue weighted by atomic mass is 9.72. The zero-order valence-corrected chi connectivity index (χ0v) is 26.3. The average molecular weight is 605 g/mol. The van der Waals surface area contributed by atoms with Gasteiger partial charge in [0, 0.05) is 64.2 Å². The summed E-state index contributed by atoms with van der Waals surface area (Å²) in [7, 11) is 0. The molecule has 0 aromatic carbocycles. The molecule has 0 bridgehead atoms. The predicted molar refractivity (Wildman–Crippen MR) is 164 cm³/mol. The Morgan fingerprint density at radius 1 is 1.00 bits per heavy atom. The topological polar surface area (TPSA) is 131 Å². The molecule has 5 saturated heterocycles. The van der Waals surface area contributed by atoms with Crippen LogP contribution in [0.15, 0.2) is 0 Å². The number of amides is 2. The van der Waals surface area contributed by atoms with Crippen molar-refractivity contribution < 1.29 is 19.1 Å². The van der Waals surface area contributed by atoms with Gasteiger partial charge in [-0.1, -0.05) is 6.42 Å². The van der Waals surface area contributed by atoms with Gasteiger partial charge in [0.25, 0.3) is 0 Å². The van der Waals surface area contributed by atoms with Gasteiger partial charge in [-0.3, -0.25) is 35.8 Å². The van der Waals surface area contributed by atoms with Crippen LogP contribution in [-0.4, -0.2) is 123 Å². The summed E-state index contributed by atoms with van der Waals surface area (Å²) in [6, 6.07) is 0.843. The first-order chi connectivity index (χ1) is 20.9. The molecule has 6 aliphatic rings. The van der Waals surface area contributed by atoms with E-state index >= 15 is 0 Å². The Hall–Kier alpha value is -1.38. The molecule has 9 atom stereocenters. The molecule has 12 nitrogen and oxygen atoms in total. The van der Waals surface area contributed by atoms with Crippen LogP contribution >= 0.6 is 0 Å². The third-order valence-corrected chi connectivity index (χ3v) is 10.9. The van der Waals surface area contributed by atoms with Crippen molar-refractivity contribution in [3.05, 3.63) is 0 Å². The quantitative estimate of drug-likeness (QED) is 0.200. The number of likely N-dealkylation sites (tertiary alicyclic amines) is 2. The Balaban J connectivity index is 0.923. The molecular weight excluding hydrogens is 548 g/mol. The minimum absolute atomic E-state index is 0.0203. The molecule has 244 valence electrons. The van der Waals surface area contributed by atoms with Crippen molar-refractivity contribution >= 4 is 11.8 Å². The molecule has 0 radical (unpaired) electrons. The van der Waals surface area contributed by atoms with Crippen molar-refractivity contribution in [2.24, 2.45) is 11.8 Å². The second kappa shape index (κ2) is 14.8. The summed E-state index contributed by atoms with van der Waals surface area (Å²) in [6.45, 7) is 10.4. The van der Waals surface area contributed by atoms with Crippen molar-refractivity contribution in [2.45, 2.75) is 120 Å². The largest absolute Gasteiger partial charge is 0.375 e. The lowest BCUT2D eigenvalue weighted by Gasteiger charge is -2.47. The Kier molecular flexibility index (Phi) is 10.9. The van der Waals surface area contributed by atoms with E-state index in [2.05, 4.69) is 43.7 Å². The van der Waals surface area contributed by atoms with Gasteiger partial charge in [-0.05, 0) is 70.3 Å². The van der Waals surface area contributed by atoms with E-state index in [1.165, 1.54) is 32.1 Å². The van der Waals surface area contributed by atoms with Crippen molar-refractivity contribution in [1.29, 1.82) is 0 Å². The lowest BCUT2D eigenvalue weighted by molar-refractivity contribution is -0.133. The van der Waals surface area contributed by atoms with Gasteiger partial charge in [-0.25, -0.2) is 0 Å². The molecule has 0 aromatic heterocycles. The number of hydrogen-bond acceptors (Lipinski definition) is 10. The Labute approximate surface area is 257 Å². The summed E-state index contributed by atoms with van der Waals surface area (Å²) in [4.78, 5) is 29.3. The van der Waals surface area contributed by atoms with Crippen LogP contribution < -0.4 is 31.9 Å². The van der Waals surface area contributed by atoms with E-state index in [-0.39, 0.29) is 42.5 Å². The molecule has 2 amide bonds. The Morgan fingerprint density at radius 3 is 2.60 bits per heavy atom. The third kappa shape index (κ3) is 8.26. The third-order valence-electron chi connectivity index (χ3n) is 10.9. The maximum Gasteiger partial charge on any atom is 0.237 e. The molecule has 5 aliphatic heterocycles. The lowest BCUT2D eigenvalue weighted by Crippen LogP contribution is -2.73. The van der Waals surface area contributed by atoms with Gasteiger partial charge >= 0.3 is 0 Å². The van der Waals surface area contributed by atoms with Gasteiger partial charge in [0.15, 0.2) is 0 Å². The van der Waals surface area contributed by atoms with Crippen molar-refractivity contribution in [3.63, 3.8) is 0 Å². The fourth-order valence-corrected chi connectivity index (χ4v) is 8.07. The number of carbonyl (C=O) groups excluding carboxylic acids is 2. The number of nitrogens with zero attached hydrogens (tertiary/aromatic N) is 2. The minimum atomic E-state index is -0.248. The van der Waals surface area contributed by atoms with Gasteiger partial charge in [0.1, 0.15) is 6.29 Å². The molecule has 6 rings (SSSR count). The Bertz CT molecular complexity index is 931. The number of carbonyl (C=O) groups is 2. The number of fused-ring (bicyclic) bond motifs is 1. The first-order valence-electron chi connectivity index (χ1n) is 17.2. The molecule has 6 N–H and O–H groups in total. The molecule has 6 fully saturated rings.